The lowest BCUT2D eigenvalue weighted by atomic mass is 9.97. The number of carboxylic acid groups (broad SMARTS) is 2. The van der Waals surface area contributed by atoms with Gasteiger partial charge in [0, 0.05) is 5.56 Å². The van der Waals surface area contributed by atoms with Gasteiger partial charge in [0.2, 0.25) is 0 Å². The number of aliphatic carboxylic acids is 1. The number of carbonyl (C=O) groups is 2. The van der Waals surface area contributed by atoms with Crippen LogP contribution < -0.4 is 0 Å². The van der Waals surface area contributed by atoms with Crippen LogP contribution in [0.5, 0.6) is 0 Å². The van der Waals surface area contributed by atoms with Crippen molar-refractivity contribution < 1.29 is 37.4 Å². The third-order valence-corrected chi connectivity index (χ3v) is 2.31. The van der Waals surface area contributed by atoms with Crippen LogP contribution in [0.1, 0.15) is 28.8 Å². The van der Waals surface area contributed by atoms with E-state index in [2.05, 4.69) is 0 Å². The van der Waals surface area contributed by atoms with E-state index in [-0.39, 0.29) is 0 Å². The van der Waals surface area contributed by atoms with Gasteiger partial charge in [-0.15, -0.1) is 0 Å². The Balaban J connectivity index is 3.69. The van der Waals surface area contributed by atoms with Crippen LogP contribution in [0, 0.1) is 23.3 Å². The third kappa shape index (κ3) is 2.01. The number of hydrogen-bond acceptors (Lipinski definition) is 2. The maximum atomic E-state index is 13.4. The number of hydrogen-bond donors (Lipinski definition) is 2. The zero-order valence-corrected chi connectivity index (χ0v) is 8.80. The molecular formula is C10H6F4O4. The first-order valence-electron chi connectivity index (χ1n) is 4.52. The van der Waals surface area contributed by atoms with Gasteiger partial charge in [-0.1, -0.05) is 0 Å². The summed E-state index contributed by atoms with van der Waals surface area (Å²) in [5.74, 6) is -14.1. The van der Waals surface area contributed by atoms with Crippen LogP contribution in [0.3, 0.4) is 0 Å². The lowest BCUT2D eigenvalue weighted by Crippen LogP contribution is -2.18. The second kappa shape index (κ2) is 4.63. The minimum Gasteiger partial charge on any atom is -0.481 e. The molecule has 0 aliphatic heterocycles. The van der Waals surface area contributed by atoms with E-state index in [0.29, 0.717) is 0 Å². The van der Waals surface area contributed by atoms with Crippen molar-refractivity contribution >= 4 is 11.9 Å². The molecule has 0 saturated heterocycles. The Labute approximate surface area is 97.5 Å². The van der Waals surface area contributed by atoms with Crippen LogP contribution in [0.2, 0.25) is 0 Å². The van der Waals surface area contributed by atoms with Crippen LogP contribution in [0.25, 0.3) is 0 Å². The van der Waals surface area contributed by atoms with Gasteiger partial charge in [-0.2, -0.15) is 0 Å². The van der Waals surface area contributed by atoms with Crippen molar-refractivity contribution in [2.45, 2.75) is 12.8 Å². The van der Waals surface area contributed by atoms with Gasteiger partial charge in [-0.25, -0.2) is 22.4 Å². The first-order valence-corrected chi connectivity index (χ1v) is 4.52. The van der Waals surface area contributed by atoms with E-state index in [0.717, 1.165) is 6.92 Å². The summed E-state index contributed by atoms with van der Waals surface area (Å²) in [6.07, 6.45) is 0. The summed E-state index contributed by atoms with van der Waals surface area (Å²) in [5.41, 5.74) is -3.16. The van der Waals surface area contributed by atoms with Crippen molar-refractivity contribution in [3.63, 3.8) is 0 Å². The summed E-state index contributed by atoms with van der Waals surface area (Å²) in [7, 11) is 0. The SMILES string of the molecule is CC(C(=O)O)c1c(F)c(F)c(C(=O)O)c(F)c1F. The van der Waals surface area contributed by atoms with Gasteiger partial charge in [0.25, 0.3) is 0 Å². The number of rotatable bonds is 3. The van der Waals surface area contributed by atoms with E-state index in [9.17, 15) is 27.2 Å². The molecule has 2 N–H and O–H groups in total. The molecule has 0 bridgehead atoms. The molecule has 1 atom stereocenters. The highest BCUT2D eigenvalue weighted by Gasteiger charge is 2.33. The van der Waals surface area contributed by atoms with Crippen molar-refractivity contribution in [3.8, 4) is 0 Å². The zero-order chi connectivity index (χ0) is 14.2. The predicted molar refractivity (Wildman–Crippen MR) is 49.3 cm³/mol. The molecule has 8 heteroatoms. The summed E-state index contributed by atoms with van der Waals surface area (Å²) < 4.78 is 53.2. The van der Waals surface area contributed by atoms with Gasteiger partial charge in [-0.05, 0) is 6.92 Å². The van der Waals surface area contributed by atoms with Crippen molar-refractivity contribution in [2.24, 2.45) is 0 Å². The summed E-state index contributed by atoms with van der Waals surface area (Å²) in [6, 6.07) is 0. The number of carboxylic acids is 2. The second-order valence-electron chi connectivity index (χ2n) is 3.41. The highest BCUT2D eigenvalue weighted by molar-refractivity contribution is 5.88. The molecule has 0 aliphatic carbocycles. The summed E-state index contributed by atoms with van der Waals surface area (Å²) in [6.45, 7) is 0.809. The van der Waals surface area contributed by atoms with E-state index in [1.165, 1.54) is 0 Å². The molecule has 1 aromatic carbocycles. The Hall–Kier alpha value is -2.12. The molecule has 1 aromatic rings. The van der Waals surface area contributed by atoms with Crippen molar-refractivity contribution in [3.05, 3.63) is 34.4 Å². The molecule has 0 saturated carbocycles. The molecule has 0 heterocycles. The third-order valence-electron chi connectivity index (χ3n) is 2.31. The number of benzene rings is 1. The maximum Gasteiger partial charge on any atom is 0.341 e. The molecule has 18 heavy (non-hydrogen) atoms. The van der Waals surface area contributed by atoms with Gasteiger partial charge in [0.15, 0.2) is 23.3 Å². The van der Waals surface area contributed by atoms with Gasteiger partial charge >= 0.3 is 11.9 Å². The monoisotopic (exact) mass is 266 g/mol. The zero-order valence-electron chi connectivity index (χ0n) is 8.80. The maximum absolute atomic E-state index is 13.4. The lowest BCUT2D eigenvalue weighted by Gasteiger charge is -2.12. The molecule has 4 nitrogen and oxygen atoms in total. The smallest absolute Gasteiger partial charge is 0.341 e. The van der Waals surface area contributed by atoms with Gasteiger partial charge < -0.3 is 10.2 Å². The fraction of sp³-hybridized carbons (Fsp3) is 0.200. The van der Waals surface area contributed by atoms with Crippen LogP contribution in [0.4, 0.5) is 17.6 Å². The minimum atomic E-state index is -2.20. The summed E-state index contributed by atoms with van der Waals surface area (Å²) in [4.78, 5) is 21.0. The Bertz CT molecular complexity index is 512. The molecule has 98 valence electrons. The molecular weight excluding hydrogens is 260 g/mol. The highest BCUT2D eigenvalue weighted by atomic mass is 19.2. The average Bonchev–Trinajstić information content (AvgIpc) is 2.26. The first kappa shape index (κ1) is 13.9. The topological polar surface area (TPSA) is 74.6 Å². The minimum absolute atomic E-state index is 0.809. The van der Waals surface area contributed by atoms with Crippen LogP contribution in [-0.2, 0) is 4.79 Å². The van der Waals surface area contributed by atoms with Crippen LogP contribution in [0.15, 0.2) is 0 Å². The molecule has 0 aliphatic rings. The molecule has 0 spiro atoms. The van der Waals surface area contributed by atoms with Crippen molar-refractivity contribution in [2.75, 3.05) is 0 Å². The Morgan fingerprint density at radius 3 is 1.61 bits per heavy atom. The summed E-state index contributed by atoms with van der Waals surface area (Å²) >= 11 is 0. The van der Waals surface area contributed by atoms with E-state index in [1.54, 1.807) is 0 Å². The van der Waals surface area contributed by atoms with Crippen molar-refractivity contribution in [1.82, 2.24) is 0 Å². The Morgan fingerprint density at radius 1 is 0.944 bits per heavy atom. The van der Waals surface area contributed by atoms with E-state index in [4.69, 9.17) is 10.2 Å². The van der Waals surface area contributed by atoms with Crippen LogP contribution >= 0.6 is 0 Å². The Morgan fingerprint density at radius 2 is 1.33 bits per heavy atom. The van der Waals surface area contributed by atoms with Crippen LogP contribution in [-0.4, -0.2) is 22.2 Å². The highest BCUT2D eigenvalue weighted by Crippen LogP contribution is 2.29. The second-order valence-corrected chi connectivity index (χ2v) is 3.41. The standard InChI is InChI=1S/C10H6F4O4/c1-2(9(15)16)3-5(11)7(13)4(10(17)18)8(14)6(3)12/h2H,1H3,(H,15,16)(H,17,18). The fourth-order valence-corrected chi connectivity index (χ4v) is 1.34. The van der Waals surface area contributed by atoms with E-state index >= 15 is 0 Å². The van der Waals surface area contributed by atoms with Crippen molar-refractivity contribution in [1.29, 1.82) is 0 Å². The molecule has 0 amide bonds. The molecule has 0 fully saturated rings. The Kier molecular flexibility index (Phi) is 3.59. The quantitative estimate of drug-likeness (QED) is 0.649. The average molecular weight is 266 g/mol. The van der Waals surface area contributed by atoms with Gasteiger partial charge in [0.05, 0.1) is 5.92 Å². The van der Waals surface area contributed by atoms with Gasteiger partial charge in [0.1, 0.15) is 5.56 Å². The number of halogens is 4. The number of aromatic carboxylic acids is 1. The lowest BCUT2D eigenvalue weighted by molar-refractivity contribution is -0.138. The van der Waals surface area contributed by atoms with Gasteiger partial charge in [-0.3, -0.25) is 4.79 Å². The van der Waals surface area contributed by atoms with E-state index in [1.807, 2.05) is 0 Å². The molecule has 0 aromatic heterocycles. The first-order chi connectivity index (χ1) is 8.20. The largest absolute Gasteiger partial charge is 0.481 e. The summed E-state index contributed by atoms with van der Waals surface area (Å²) in [5, 5.41) is 17.0. The molecule has 1 unspecified atom stereocenters. The van der Waals surface area contributed by atoms with E-state index < -0.39 is 52.3 Å². The normalized spacial score (nSPS) is 12.3. The predicted octanol–water partition coefficient (Wildman–Crippen LogP) is 2.13. The fourth-order valence-electron chi connectivity index (χ4n) is 1.34. The molecule has 1 rings (SSSR count). The molecule has 0 radical (unpaired) electrons.